The van der Waals surface area contributed by atoms with E-state index in [9.17, 15) is 4.79 Å². The van der Waals surface area contributed by atoms with Crippen LogP contribution in [0.3, 0.4) is 0 Å². The Balaban J connectivity index is 0. The predicted octanol–water partition coefficient (Wildman–Crippen LogP) is 1.65. The first-order valence-electron chi connectivity index (χ1n) is 4.08. The zero-order chi connectivity index (χ0) is 8.85. The molecule has 74 valence electrons. The van der Waals surface area contributed by atoms with Crippen LogP contribution in [0.25, 0.3) is 0 Å². The van der Waals surface area contributed by atoms with Gasteiger partial charge in [-0.1, -0.05) is 26.7 Å². The van der Waals surface area contributed by atoms with E-state index in [4.69, 9.17) is 10.8 Å². The van der Waals surface area contributed by atoms with Gasteiger partial charge >= 0.3 is 5.97 Å². The highest BCUT2D eigenvalue weighted by Crippen LogP contribution is 2.10. The monoisotopic (exact) mass is 195 g/mol. The normalized spacial score (nSPS) is 14.6. The smallest absolute Gasteiger partial charge is 0.320 e. The highest BCUT2D eigenvalue weighted by molar-refractivity contribution is 5.85. The number of rotatable bonds is 5. The highest BCUT2D eigenvalue weighted by Gasteiger charge is 2.18. The summed E-state index contributed by atoms with van der Waals surface area (Å²) in [5.41, 5.74) is 5.40. The third kappa shape index (κ3) is 5.38. The molecule has 0 heterocycles. The zero-order valence-corrected chi connectivity index (χ0v) is 8.43. The van der Waals surface area contributed by atoms with E-state index >= 15 is 0 Å². The van der Waals surface area contributed by atoms with E-state index in [1.54, 1.807) is 0 Å². The van der Waals surface area contributed by atoms with Crippen molar-refractivity contribution in [2.24, 2.45) is 11.7 Å². The Morgan fingerprint density at radius 1 is 1.58 bits per heavy atom. The molecule has 0 radical (unpaired) electrons. The van der Waals surface area contributed by atoms with Crippen LogP contribution in [-0.2, 0) is 4.79 Å². The van der Waals surface area contributed by atoms with Crippen molar-refractivity contribution in [3.05, 3.63) is 0 Å². The van der Waals surface area contributed by atoms with Crippen molar-refractivity contribution < 1.29 is 9.90 Å². The molecule has 0 aliphatic rings. The van der Waals surface area contributed by atoms with E-state index in [2.05, 4.69) is 6.92 Å². The first-order chi connectivity index (χ1) is 5.09. The van der Waals surface area contributed by atoms with Gasteiger partial charge in [-0.25, -0.2) is 0 Å². The third-order valence-electron chi connectivity index (χ3n) is 1.91. The molecule has 0 aliphatic carbocycles. The lowest BCUT2D eigenvalue weighted by molar-refractivity contribution is -0.139. The Hall–Kier alpha value is -0.280. The Labute approximate surface area is 79.7 Å². The summed E-state index contributed by atoms with van der Waals surface area (Å²) in [6.07, 6.45) is 3.06. The number of hydrogen-bond acceptors (Lipinski definition) is 2. The molecule has 0 unspecified atom stereocenters. The largest absolute Gasteiger partial charge is 0.480 e. The van der Waals surface area contributed by atoms with Crippen molar-refractivity contribution in [3.8, 4) is 0 Å². The van der Waals surface area contributed by atoms with E-state index in [1.807, 2.05) is 6.92 Å². The summed E-state index contributed by atoms with van der Waals surface area (Å²) in [4.78, 5) is 10.4. The summed E-state index contributed by atoms with van der Waals surface area (Å²) in [6, 6.07) is -0.693. The Morgan fingerprint density at radius 2 is 2.08 bits per heavy atom. The van der Waals surface area contributed by atoms with Gasteiger partial charge in [0.15, 0.2) is 0 Å². The number of hydrogen-bond donors (Lipinski definition) is 2. The zero-order valence-electron chi connectivity index (χ0n) is 7.62. The molecule has 0 bridgehead atoms. The summed E-state index contributed by atoms with van der Waals surface area (Å²) in [7, 11) is 0. The van der Waals surface area contributed by atoms with Gasteiger partial charge in [-0.3, -0.25) is 4.79 Å². The van der Waals surface area contributed by atoms with Crippen molar-refractivity contribution in [1.29, 1.82) is 0 Å². The molecule has 3 N–H and O–H groups in total. The second-order valence-electron chi connectivity index (χ2n) is 2.98. The topological polar surface area (TPSA) is 63.3 Å². The molecule has 0 fully saturated rings. The van der Waals surface area contributed by atoms with Gasteiger partial charge in [-0.05, 0) is 12.3 Å². The molecule has 0 aromatic rings. The van der Waals surface area contributed by atoms with Crippen molar-refractivity contribution in [3.63, 3.8) is 0 Å². The summed E-state index contributed by atoms with van der Waals surface area (Å²) in [5, 5.41) is 8.53. The molecule has 12 heavy (non-hydrogen) atoms. The minimum atomic E-state index is -0.895. The maximum atomic E-state index is 10.4. The van der Waals surface area contributed by atoms with Crippen LogP contribution in [0.15, 0.2) is 0 Å². The number of unbranched alkanes of at least 4 members (excludes halogenated alkanes) is 1. The van der Waals surface area contributed by atoms with E-state index in [1.165, 1.54) is 0 Å². The Kier molecular flexibility index (Phi) is 8.76. The van der Waals surface area contributed by atoms with Gasteiger partial charge in [-0.2, -0.15) is 0 Å². The van der Waals surface area contributed by atoms with E-state index < -0.39 is 12.0 Å². The molecular formula is C8H18ClNO2. The Bertz CT molecular complexity index is 130. The number of nitrogens with two attached hydrogens (primary N) is 1. The van der Waals surface area contributed by atoms with E-state index in [-0.39, 0.29) is 18.3 Å². The molecular weight excluding hydrogens is 178 g/mol. The number of carboxylic acids is 1. The Morgan fingerprint density at radius 3 is 2.42 bits per heavy atom. The number of aliphatic carboxylic acids is 1. The minimum Gasteiger partial charge on any atom is -0.480 e. The lowest BCUT2D eigenvalue weighted by Crippen LogP contribution is -2.36. The number of carboxylic acid groups (broad SMARTS) is 1. The summed E-state index contributed by atoms with van der Waals surface area (Å²) < 4.78 is 0. The van der Waals surface area contributed by atoms with Gasteiger partial charge < -0.3 is 10.8 Å². The maximum absolute atomic E-state index is 10.4. The molecule has 0 saturated carbocycles. The summed E-state index contributed by atoms with van der Waals surface area (Å²) in [5.74, 6) is -0.805. The van der Waals surface area contributed by atoms with Crippen LogP contribution in [0.4, 0.5) is 0 Å². The average Bonchev–Trinajstić information content (AvgIpc) is 1.98. The molecule has 0 saturated heterocycles. The minimum absolute atomic E-state index is 0. The summed E-state index contributed by atoms with van der Waals surface area (Å²) >= 11 is 0. The van der Waals surface area contributed by atoms with Gasteiger partial charge in [0, 0.05) is 0 Å². The van der Waals surface area contributed by atoms with Crippen molar-refractivity contribution in [2.75, 3.05) is 0 Å². The maximum Gasteiger partial charge on any atom is 0.320 e. The van der Waals surface area contributed by atoms with E-state index in [0.29, 0.717) is 0 Å². The van der Waals surface area contributed by atoms with Gasteiger partial charge in [-0.15, -0.1) is 12.4 Å². The van der Waals surface area contributed by atoms with Gasteiger partial charge in [0.1, 0.15) is 6.04 Å². The van der Waals surface area contributed by atoms with Gasteiger partial charge in [0.05, 0.1) is 0 Å². The molecule has 4 heteroatoms. The van der Waals surface area contributed by atoms with Crippen LogP contribution >= 0.6 is 12.4 Å². The lowest BCUT2D eigenvalue weighted by Gasteiger charge is -2.14. The highest BCUT2D eigenvalue weighted by atomic mass is 35.5. The molecule has 0 aliphatic heterocycles. The van der Waals surface area contributed by atoms with Crippen LogP contribution in [0.2, 0.25) is 0 Å². The van der Waals surface area contributed by atoms with Crippen LogP contribution in [-0.4, -0.2) is 17.1 Å². The van der Waals surface area contributed by atoms with Crippen molar-refractivity contribution in [1.82, 2.24) is 0 Å². The average molecular weight is 196 g/mol. The first kappa shape index (κ1) is 14.3. The standard InChI is InChI=1S/C8H17NO2.ClH/c1-3-4-5-6(2)7(9)8(10)11;/h6-7H,3-5,9H2,1-2H3,(H,10,11);1H/t6-,7+;/m1./s1. The number of halogens is 1. The molecule has 0 rings (SSSR count). The van der Waals surface area contributed by atoms with Gasteiger partial charge in [0.2, 0.25) is 0 Å². The SMILES string of the molecule is CCCC[C@@H](C)[C@H](N)C(=O)O.Cl. The van der Waals surface area contributed by atoms with Crippen molar-refractivity contribution in [2.45, 2.75) is 39.2 Å². The molecule has 0 aromatic heterocycles. The fourth-order valence-electron chi connectivity index (χ4n) is 0.949. The first-order valence-corrected chi connectivity index (χ1v) is 4.08. The fourth-order valence-corrected chi connectivity index (χ4v) is 0.949. The van der Waals surface area contributed by atoms with Crippen molar-refractivity contribution >= 4 is 18.4 Å². The van der Waals surface area contributed by atoms with Crippen LogP contribution in [0.5, 0.6) is 0 Å². The second-order valence-corrected chi connectivity index (χ2v) is 2.98. The molecule has 0 spiro atoms. The second kappa shape index (κ2) is 7.37. The molecule has 0 amide bonds. The molecule has 2 atom stereocenters. The van der Waals surface area contributed by atoms with Crippen LogP contribution < -0.4 is 5.73 Å². The summed E-state index contributed by atoms with van der Waals surface area (Å²) in [6.45, 7) is 3.97. The molecule has 0 aromatic carbocycles. The third-order valence-corrected chi connectivity index (χ3v) is 1.91. The molecule has 3 nitrogen and oxygen atoms in total. The fraction of sp³-hybridized carbons (Fsp3) is 0.875. The van der Waals surface area contributed by atoms with E-state index in [0.717, 1.165) is 19.3 Å². The lowest BCUT2D eigenvalue weighted by atomic mass is 9.97. The van der Waals surface area contributed by atoms with Crippen LogP contribution in [0, 0.1) is 5.92 Å². The van der Waals surface area contributed by atoms with Crippen LogP contribution in [0.1, 0.15) is 33.1 Å². The van der Waals surface area contributed by atoms with Gasteiger partial charge in [0.25, 0.3) is 0 Å². The quantitative estimate of drug-likeness (QED) is 0.701. The predicted molar refractivity (Wildman–Crippen MR) is 51.5 cm³/mol. The number of carbonyl (C=O) groups is 1.